The standard InChI is InChI=1S/C14H16ClFN2O/c15-11-5-4-10(8-12(11)16)18-9-14(17-13(18)19)6-2-1-3-7-14/h4-5,8H,1-3,6-7,9H2,(H,17,19). The first-order chi connectivity index (χ1) is 9.10. The third kappa shape index (κ3) is 2.29. The minimum absolute atomic E-state index is 0.0794. The molecule has 0 unspecified atom stereocenters. The highest BCUT2D eigenvalue weighted by Crippen LogP contribution is 2.35. The van der Waals surface area contributed by atoms with E-state index in [4.69, 9.17) is 11.6 Å². The minimum Gasteiger partial charge on any atom is -0.330 e. The third-order valence-electron chi connectivity index (χ3n) is 4.10. The van der Waals surface area contributed by atoms with E-state index in [1.807, 2.05) is 0 Å². The highest BCUT2D eigenvalue weighted by molar-refractivity contribution is 6.30. The molecule has 0 bridgehead atoms. The zero-order valence-corrected chi connectivity index (χ0v) is 11.3. The van der Waals surface area contributed by atoms with Gasteiger partial charge in [-0.3, -0.25) is 4.90 Å². The highest BCUT2D eigenvalue weighted by Gasteiger charge is 2.43. The average Bonchev–Trinajstić information content (AvgIpc) is 2.70. The summed E-state index contributed by atoms with van der Waals surface area (Å²) in [4.78, 5) is 13.7. The highest BCUT2D eigenvalue weighted by atomic mass is 35.5. The summed E-state index contributed by atoms with van der Waals surface area (Å²) < 4.78 is 13.5. The van der Waals surface area contributed by atoms with E-state index in [9.17, 15) is 9.18 Å². The maximum Gasteiger partial charge on any atom is 0.322 e. The fraction of sp³-hybridized carbons (Fsp3) is 0.500. The van der Waals surface area contributed by atoms with Crippen LogP contribution in [0.15, 0.2) is 18.2 Å². The van der Waals surface area contributed by atoms with E-state index in [-0.39, 0.29) is 16.6 Å². The molecular formula is C14H16ClFN2O. The van der Waals surface area contributed by atoms with Crippen LogP contribution >= 0.6 is 11.6 Å². The third-order valence-corrected chi connectivity index (χ3v) is 4.41. The summed E-state index contributed by atoms with van der Waals surface area (Å²) in [6.07, 6.45) is 5.52. The number of nitrogens with one attached hydrogen (secondary N) is 1. The van der Waals surface area contributed by atoms with E-state index >= 15 is 0 Å². The number of carbonyl (C=O) groups excluding carboxylic acids is 1. The Morgan fingerprint density at radius 1 is 1.26 bits per heavy atom. The number of rotatable bonds is 1. The quantitative estimate of drug-likeness (QED) is 0.837. The molecule has 1 aliphatic carbocycles. The lowest BCUT2D eigenvalue weighted by Crippen LogP contribution is -2.44. The van der Waals surface area contributed by atoms with Crippen molar-refractivity contribution in [3.8, 4) is 0 Å². The van der Waals surface area contributed by atoms with Gasteiger partial charge in [-0.2, -0.15) is 0 Å². The van der Waals surface area contributed by atoms with Crippen LogP contribution in [0.4, 0.5) is 14.9 Å². The lowest BCUT2D eigenvalue weighted by atomic mass is 9.82. The van der Waals surface area contributed by atoms with Crippen LogP contribution in [0.5, 0.6) is 0 Å². The van der Waals surface area contributed by atoms with Crippen molar-refractivity contribution >= 4 is 23.3 Å². The van der Waals surface area contributed by atoms with E-state index in [0.717, 1.165) is 25.7 Å². The van der Waals surface area contributed by atoms with Gasteiger partial charge in [0, 0.05) is 5.69 Å². The molecule has 3 nitrogen and oxygen atoms in total. The van der Waals surface area contributed by atoms with Crippen LogP contribution in [-0.2, 0) is 0 Å². The van der Waals surface area contributed by atoms with Crippen LogP contribution < -0.4 is 10.2 Å². The Hall–Kier alpha value is -1.29. The molecular weight excluding hydrogens is 267 g/mol. The van der Waals surface area contributed by atoms with E-state index in [1.54, 1.807) is 11.0 Å². The fourth-order valence-corrected chi connectivity index (χ4v) is 3.20. The van der Waals surface area contributed by atoms with Crippen molar-refractivity contribution in [3.05, 3.63) is 29.0 Å². The summed E-state index contributed by atoms with van der Waals surface area (Å²) in [5.74, 6) is -0.489. The molecule has 5 heteroatoms. The first kappa shape index (κ1) is 12.7. The number of hydrogen-bond donors (Lipinski definition) is 1. The SMILES string of the molecule is O=C1NC2(CCCCC2)CN1c1ccc(Cl)c(F)c1. The predicted octanol–water partition coefficient (Wildman–Crippen LogP) is 3.71. The maximum atomic E-state index is 13.5. The molecule has 1 saturated carbocycles. The van der Waals surface area contributed by atoms with Gasteiger partial charge in [-0.05, 0) is 31.0 Å². The van der Waals surface area contributed by atoms with Crippen molar-refractivity contribution in [2.45, 2.75) is 37.6 Å². The summed E-state index contributed by atoms with van der Waals surface area (Å²) in [7, 11) is 0. The molecule has 1 aromatic carbocycles. The Bertz CT molecular complexity index is 514. The van der Waals surface area contributed by atoms with E-state index < -0.39 is 5.82 Å². The van der Waals surface area contributed by atoms with Crippen LogP contribution in [0.2, 0.25) is 5.02 Å². The predicted molar refractivity (Wildman–Crippen MR) is 73.1 cm³/mol. The molecule has 2 fully saturated rings. The van der Waals surface area contributed by atoms with Gasteiger partial charge in [-0.15, -0.1) is 0 Å². The van der Waals surface area contributed by atoms with Gasteiger partial charge < -0.3 is 5.32 Å². The van der Waals surface area contributed by atoms with Crippen molar-refractivity contribution in [1.82, 2.24) is 5.32 Å². The number of amides is 2. The van der Waals surface area contributed by atoms with Gasteiger partial charge >= 0.3 is 6.03 Å². The molecule has 1 spiro atoms. The van der Waals surface area contributed by atoms with Gasteiger partial charge in [0.15, 0.2) is 0 Å². The number of urea groups is 1. The smallest absolute Gasteiger partial charge is 0.322 e. The van der Waals surface area contributed by atoms with Gasteiger partial charge in [0.2, 0.25) is 0 Å². The van der Waals surface area contributed by atoms with Crippen LogP contribution in [0, 0.1) is 5.82 Å². The number of carbonyl (C=O) groups is 1. The van der Waals surface area contributed by atoms with Crippen LogP contribution in [0.25, 0.3) is 0 Å². The number of hydrogen-bond acceptors (Lipinski definition) is 1. The molecule has 2 aliphatic rings. The molecule has 1 aliphatic heterocycles. The monoisotopic (exact) mass is 282 g/mol. The number of nitrogens with zero attached hydrogens (tertiary/aromatic N) is 1. The molecule has 0 aromatic heterocycles. The molecule has 19 heavy (non-hydrogen) atoms. The maximum absolute atomic E-state index is 13.5. The van der Waals surface area contributed by atoms with Crippen LogP contribution in [0.3, 0.4) is 0 Å². The molecule has 1 heterocycles. The van der Waals surface area contributed by atoms with Crippen LogP contribution in [0.1, 0.15) is 32.1 Å². The summed E-state index contributed by atoms with van der Waals surface area (Å²) in [6, 6.07) is 4.37. The number of anilines is 1. The molecule has 1 aromatic rings. The lowest BCUT2D eigenvalue weighted by Gasteiger charge is -2.32. The Kier molecular flexibility index (Phi) is 3.13. The Morgan fingerprint density at radius 3 is 2.68 bits per heavy atom. The van der Waals surface area contributed by atoms with Gasteiger partial charge in [0.25, 0.3) is 0 Å². The number of benzene rings is 1. The molecule has 0 radical (unpaired) electrons. The van der Waals surface area contributed by atoms with E-state index in [0.29, 0.717) is 12.2 Å². The van der Waals surface area contributed by atoms with Crippen molar-refractivity contribution in [1.29, 1.82) is 0 Å². The second kappa shape index (κ2) is 4.67. The topological polar surface area (TPSA) is 32.3 Å². The zero-order valence-electron chi connectivity index (χ0n) is 10.6. The lowest BCUT2D eigenvalue weighted by molar-refractivity contribution is 0.237. The van der Waals surface area contributed by atoms with E-state index in [2.05, 4.69) is 5.32 Å². The van der Waals surface area contributed by atoms with Gasteiger partial charge in [0.1, 0.15) is 5.82 Å². The van der Waals surface area contributed by atoms with Gasteiger partial charge in [-0.1, -0.05) is 30.9 Å². The second-order valence-corrected chi connectivity index (χ2v) is 5.86. The van der Waals surface area contributed by atoms with Crippen molar-refractivity contribution in [3.63, 3.8) is 0 Å². The summed E-state index contributed by atoms with van der Waals surface area (Å²) in [6.45, 7) is 0.618. The zero-order chi connectivity index (χ0) is 13.5. The number of halogens is 2. The molecule has 1 N–H and O–H groups in total. The van der Waals surface area contributed by atoms with E-state index in [1.165, 1.54) is 18.6 Å². The molecule has 3 rings (SSSR count). The molecule has 102 valence electrons. The Morgan fingerprint density at radius 2 is 2.00 bits per heavy atom. The molecule has 2 amide bonds. The molecule has 1 saturated heterocycles. The van der Waals surface area contributed by atoms with Gasteiger partial charge in [0.05, 0.1) is 17.1 Å². The first-order valence-electron chi connectivity index (χ1n) is 6.64. The molecule has 0 atom stereocenters. The van der Waals surface area contributed by atoms with Crippen molar-refractivity contribution < 1.29 is 9.18 Å². The van der Waals surface area contributed by atoms with Crippen molar-refractivity contribution in [2.24, 2.45) is 0 Å². The summed E-state index contributed by atoms with van der Waals surface area (Å²) in [5.41, 5.74) is 0.452. The average molecular weight is 283 g/mol. The summed E-state index contributed by atoms with van der Waals surface area (Å²) in [5, 5.41) is 3.16. The first-order valence-corrected chi connectivity index (χ1v) is 7.02. The Balaban J connectivity index is 1.85. The Labute approximate surface area is 116 Å². The fourth-order valence-electron chi connectivity index (χ4n) is 3.08. The minimum atomic E-state index is -0.489. The normalized spacial score (nSPS) is 21.8. The largest absolute Gasteiger partial charge is 0.330 e. The van der Waals surface area contributed by atoms with Crippen molar-refractivity contribution in [2.75, 3.05) is 11.4 Å². The summed E-state index contributed by atoms with van der Waals surface area (Å²) >= 11 is 5.67. The van der Waals surface area contributed by atoms with Gasteiger partial charge in [-0.25, -0.2) is 9.18 Å². The van der Waals surface area contributed by atoms with Crippen LogP contribution in [-0.4, -0.2) is 18.1 Å². The second-order valence-electron chi connectivity index (χ2n) is 5.46.